The molecule has 2 rings (SSSR count). The number of aryl methyl sites for hydroxylation is 2. The largest absolute Gasteiger partial charge is 0.339 e. The zero-order chi connectivity index (χ0) is 16.1. The third kappa shape index (κ3) is 3.87. The Morgan fingerprint density at radius 2 is 1.91 bits per heavy atom. The second-order valence-corrected chi connectivity index (χ2v) is 6.14. The minimum absolute atomic E-state index is 0.0460. The molecule has 0 bridgehead atoms. The van der Waals surface area contributed by atoms with Crippen LogP contribution in [0.4, 0.5) is 5.69 Å². The lowest BCUT2D eigenvalue weighted by Crippen LogP contribution is -2.44. The number of amides is 2. The molecule has 1 aromatic carbocycles. The number of likely N-dealkylation sites (tertiary alicyclic amines) is 1. The SMILES string of the molecule is CCC1CCCCN1C(=O)CC(=O)Nc1c(C)cccc1C. The second kappa shape index (κ2) is 7.43. The van der Waals surface area contributed by atoms with Crippen LogP contribution >= 0.6 is 0 Å². The van der Waals surface area contributed by atoms with E-state index in [2.05, 4.69) is 12.2 Å². The fraction of sp³-hybridized carbons (Fsp3) is 0.556. The van der Waals surface area contributed by atoms with Gasteiger partial charge in [-0.15, -0.1) is 0 Å². The number of nitrogens with zero attached hydrogens (tertiary/aromatic N) is 1. The molecule has 120 valence electrons. The first-order valence-electron chi connectivity index (χ1n) is 8.18. The van der Waals surface area contributed by atoms with Gasteiger partial charge in [0, 0.05) is 18.3 Å². The first-order valence-corrected chi connectivity index (χ1v) is 8.18. The number of rotatable bonds is 4. The first kappa shape index (κ1) is 16.5. The lowest BCUT2D eigenvalue weighted by Gasteiger charge is -2.35. The molecule has 1 saturated heterocycles. The number of para-hydroxylation sites is 1. The predicted molar refractivity (Wildman–Crippen MR) is 88.8 cm³/mol. The maximum absolute atomic E-state index is 12.4. The van der Waals surface area contributed by atoms with Gasteiger partial charge in [0.15, 0.2) is 0 Å². The third-order valence-corrected chi connectivity index (χ3v) is 4.48. The summed E-state index contributed by atoms with van der Waals surface area (Å²) in [6.45, 7) is 6.81. The van der Waals surface area contributed by atoms with Gasteiger partial charge in [-0.1, -0.05) is 25.1 Å². The molecule has 0 aliphatic carbocycles. The van der Waals surface area contributed by atoms with Crippen LogP contribution in [-0.4, -0.2) is 29.3 Å². The summed E-state index contributed by atoms with van der Waals surface area (Å²) in [5.74, 6) is -0.266. The second-order valence-electron chi connectivity index (χ2n) is 6.14. The standard InChI is InChI=1S/C18H26N2O2/c1-4-15-10-5-6-11-20(15)17(22)12-16(21)19-18-13(2)8-7-9-14(18)3/h7-9,15H,4-6,10-12H2,1-3H3,(H,19,21). The molecule has 1 aliphatic heterocycles. The van der Waals surface area contributed by atoms with E-state index in [1.807, 2.05) is 36.9 Å². The number of anilines is 1. The Kier molecular flexibility index (Phi) is 5.58. The average molecular weight is 302 g/mol. The topological polar surface area (TPSA) is 49.4 Å². The van der Waals surface area contributed by atoms with Gasteiger partial charge in [-0.2, -0.15) is 0 Å². The molecule has 4 heteroatoms. The number of hydrogen-bond acceptors (Lipinski definition) is 2. The highest BCUT2D eigenvalue weighted by Crippen LogP contribution is 2.22. The zero-order valence-electron chi connectivity index (χ0n) is 13.8. The van der Waals surface area contributed by atoms with Crippen molar-refractivity contribution in [3.8, 4) is 0 Å². The summed E-state index contributed by atoms with van der Waals surface area (Å²) in [5, 5.41) is 2.89. The highest BCUT2D eigenvalue weighted by molar-refractivity contribution is 6.04. The van der Waals surface area contributed by atoms with Gasteiger partial charge in [-0.3, -0.25) is 9.59 Å². The molecule has 1 N–H and O–H groups in total. The number of carbonyl (C=O) groups is 2. The number of hydrogen-bond donors (Lipinski definition) is 1. The van der Waals surface area contributed by atoms with Gasteiger partial charge >= 0.3 is 0 Å². The summed E-state index contributed by atoms with van der Waals surface area (Å²) >= 11 is 0. The van der Waals surface area contributed by atoms with Crippen molar-refractivity contribution < 1.29 is 9.59 Å². The molecule has 0 radical (unpaired) electrons. The maximum Gasteiger partial charge on any atom is 0.233 e. The monoisotopic (exact) mass is 302 g/mol. The Hall–Kier alpha value is -1.84. The normalized spacial score (nSPS) is 18.1. The molecule has 4 nitrogen and oxygen atoms in total. The van der Waals surface area contributed by atoms with Crippen molar-refractivity contribution in [3.63, 3.8) is 0 Å². The van der Waals surface area contributed by atoms with Crippen molar-refractivity contribution in [1.82, 2.24) is 4.90 Å². The van der Waals surface area contributed by atoms with Crippen LogP contribution in [0.5, 0.6) is 0 Å². The Bertz CT molecular complexity index is 534. The van der Waals surface area contributed by atoms with Crippen molar-refractivity contribution in [2.75, 3.05) is 11.9 Å². The summed E-state index contributed by atoms with van der Waals surface area (Å²) in [5.41, 5.74) is 2.86. The van der Waals surface area contributed by atoms with Crippen molar-refractivity contribution in [2.24, 2.45) is 0 Å². The predicted octanol–water partition coefficient (Wildman–Crippen LogP) is 3.42. The van der Waals surface area contributed by atoms with Crippen LogP contribution in [0.1, 0.15) is 50.2 Å². The van der Waals surface area contributed by atoms with Crippen LogP contribution in [0.3, 0.4) is 0 Å². The number of carbonyl (C=O) groups excluding carboxylic acids is 2. The van der Waals surface area contributed by atoms with Gasteiger partial charge < -0.3 is 10.2 Å². The molecule has 1 unspecified atom stereocenters. The third-order valence-electron chi connectivity index (χ3n) is 4.48. The van der Waals surface area contributed by atoms with E-state index in [9.17, 15) is 9.59 Å². The van der Waals surface area contributed by atoms with Gasteiger partial charge in [-0.05, 0) is 50.7 Å². The fourth-order valence-corrected chi connectivity index (χ4v) is 3.19. The molecule has 0 saturated carbocycles. The summed E-state index contributed by atoms with van der Waals surface area (Å²) in [7, 11) is 0. The Labute approximate surface area is 132 Å². The van der Waals surface area contributed by atoms with E-state index < -0.39 is 0 Å². The van der Waals surface area contributed by atoms with Crippen LogP contribution in [0.15, 0.2) is 18.2 Å². The van der Waals surface area contributed by atoms with Gasteiger partial charge in [-0.25, -0.2) is 0 Å². The lowest BCUT2D eigenvalue weighted by atomic mass is 9.99. The van der Waals surface area contributed by atoms with Gasteiger partial charge in [0.1, 0.15) is 6.42 Å². The van der Waals surface area contributed by atoms with E-state index in [1.165, 1.54) is 6.42 Å². The van der Waals surface area contributed by atoms with Crippen LogP contribution in [0, 0.1) is 13.8 Å². The molecule has 0 spiro atoms. The Morgan fingerprint density at radius 3 is 2.55 bits per heavy atom. The minimum atomic E-state index is -0.220. The summed E-state index contributed by atoms with van der Waals surface area (Å²) < 4.78 is 0. The Balaban J connectivity index is 1.98. The number of nitrogens with one attached hydrogen (secondary N) is 1. The summed E-state index contributed by atoms with van der Waals surface area (Å²) in [6, 6.07) is 6.18. The average Bonchev–Trinajstić information content (AvgIpc) is 2.51. The van der Waals surface area contributed by atoms with E-state index in [0.29, 0.717) is 6.04 Å². The van der Waals surface area contributed by atoms with Crippen LogP contribution < -0.4 is 5.32 Å². The van der Waals surface area contributed by atoms with E-state index in [1.54, 1.807) is 0 Å². The lowest BCUT2D eigenvalue weighted by molar-refractivity contribution is -0.137. The van der Waals surface area contributed by atoms with Crippen molar-refractivity contribution in [3.05, 3.63) is 29.3 Å². The van der Waals surface area contributed by atoms with Gasteiger partial charge in [0.25, 0.3) is 0 Å². The summed E-state index contributed by atoms with van der Waals surface area (Å²) in [4.78, 5) is 26.5. The van der Waals surface area contributed by atoms with Crippen LogP contribution in [0.2, 0.25) is 0 Å². The van der Waals surface area contributed by atoms with E-state index in [4.69, 9.17) is 0 Å². The minimum Gasteiger partial charge on any atom is -0.339 e. The number of benzene rings is 1. The molecule has 1 heterocycles. The summed E-state index contributed by atoms with van der Waals surface area (Å²) in [6.07, 6.45) is 4.17. The maximum atomic E-state index is 12.4. The highest BCUT2D eigenvalue weighted by Gasteiger charge is 2.26. The fourth-order valence-electron chi connectivity index (χ4n) is 3.19. The number of piperidine rings is 1. The van der Waals surface area contributed by atoms with E-state index >= 15 is 0 Å². The zero-order valence-corrected chi connectivity index (χ0v) is 13.8. The first-order chi connectivity index (χ1) is 10.5. The van der Waals surface area contributed by atoms with Gasteiger partial charge in [0.2, 0.25) is 11.8 Å². The molecule has 0 aromatic heterocycles. The van der Waals surface area contributed by atoms with E-state index in [0.717, 1.165) is 42.6 Å². The molecule has 22 heavy (non-hydrogen) atoms. The van der Waals surface area contributed by atoms with Crippen molar-refractivity contribution in [2.45, 2.75) is 58.9 Å². The Morgan fingerprint density at radius 1 is 1.23 bits per heavy atom. The molecular formula is C18H26N2O2. The van der Waals surface area contributed by atoms with E-state index in [-0.39, 0.29) is 18.2 Å². The molecule has 1 fully saturated rings. The highest BCUT2D eigenvalue weighted by atomic mass is 16.2. The molecule has 1 atom stereocenters. The van der Waals surface area contributed by atoms with Crippen molar-refractivity contribution in [1.29, 1.82) is 0 Å². The smallest absolute Gasteiger partial charge is 0.233 e. The van der Waals surface area contributed by atoms with Crippen LogP contribution in [0.25, 0.3) is 0 Å². The van der Waals surface area contributed by atoms with Gasteiger partial charge in [0.05, 0.1) is 0 Å². The van der Waals surface area contributed by atoms with Crippen LogP contribution in [-0.2, 0) is 9.59 Å². The molecule has 2 amide bonds. The van der Waals surface area contributed by atoms with Crippen molar-refractivity contribution >= 4 is 17.5 Å². The molecular weight excluding hydrogens is 276 g/mol. The quantitative estimate of drug-likeness (QED) is 0.866. The molecule has 1 aromatic rings. The molecule has 1 aliphatic rings.